The first kappa shape index (κ1) is 48.6. The number of amides is 1. The van der Waals surface area contributed by atoms with Crippen molar-refractivity contribution in [3.8, 4) is 11.5 Å². The second kappa shape index (κ2) is 23.0. The van der Waals surface area contributed by atoms with Crippen LogP contribution in [0.15, 0.2) is 163 Å². The number of nitro groups is 1. The number of aliphatic hydroxyl groups excluding tert-OH is 2. The van der Waals surface area contributed by atoms with E-state index in [4.69, 9.17) is 24.2 Å². The van der Waals surface area contributed by atoms with Crippen LogP contribution in [0.25, 0.3) is 16.8 Å². The number of oxime groups is 1. The number of ether oxygens (including phenoxy) is 3. The minimum atomic E-state index is -1.51. The lowest BCUT2D eigenvalue weighted by Crippen LogP contribution is -2.70. The third-order valence-corrected chi connectivity index (χ3v) is 13.7. The number of hydrogen-bond acceptors (Lipinski definition) is 10. The summed E-state index contributed by atoms with van der Waals surface area (Å²) in [6.07, 6.45) is 13.6. The van der Waals surface area contributed by atoms with E-state index in [1.165, 1.54) is 18.2 Å². The van der Waals surface area contributed by atoms with Crippen molar-refractivity contribution in [1.82, 2.24) is 4.90 Å². The molecule has 1 fully saturated rings. The van der Waals surface area contributed by atoms with E-state index in [0.29, 0.717) is 42.2 Å². The summed E-state index contributed by atoms with van der Waals surface area (Å²) >= 11 is 0. The maximum Gasteiger partial charge on any atom is 0.269 e. The van der Waals surface area contributed by atoms with E-state index in [1.54, 1.807) is 30.4 Å². The summed E-state index contributed by atoms with van der Waals surface area (Å²) in [7, 11) is 0. The van der Waals surface area contributed by atoms with Crippen molar-refractivity contribution in [3.05, 3.63) is 191 Å². The number of benzene rings is 5. The fraction of sp³-hybridized carbons (Fsp3) is 0.333. The van der Waals surface area contributed by atoms with Crippen molar-refractivity contribution in [2.24, 2.45) is 22.9 Å². The largest absolute Gasteiger partial charge is 0.490 e. The number of fused-ring (bicyclic) bond motifs is 3. The maximum atomic E-state index is 15.4. The number of carbonyl (C=O) groups is 1. The van der Waals surface area contributed by atoms with Gasteiger partial charge in [0.05, 0.1) is 23.2 Å². The number of rotatable bonds is 23. The fourth-order valence-corrected chi connectivity index (χ4v) is 10.6. The Bertz CT molecular complexity index is 2680. The smallest absolute Gasteiger partial charge is 0.269 e. The minimum absolute atomic E-state index is 0.0162. The molecular formula is C57H61N3O9. The van der Waals surface area contributed by atoms with Gasteiger partial charge in [0, 0.05) is 55.9 Å². The molecule has 6 atom stereocenters. The molecule has 0 spiro atoms. The molecule has 8 rings (SSSR count). The number of hydrogen-bond donors (Lipinski definition) is 2. The van der Waals surface area contributed by atoms with Crippen LogP contribution < -0.4 is 9.47 Å². The standard InChI is InChI=1S/C57H61N3O9/c1-3-33-66-46-28-29-52-50(36-46)55-48(22-11-13-32-62)43(18-10-12-31-61)35-49-51(58-68-39-41-15-6-5-7-16-41)37-53(57(69-52,56(49)55)67-34-4-2)59(38-44-20-14-19-42-17-8-9-21-47(42)44)54(63)30-25-40-23-26-45(27-24-40)60(64)65/h3-9,14-17,19-21,23-30,35-36,43,48,53,55-56,61-62H,1-2,10-13,18,22,31-34,37-39H2/t43-,48+,53-,55+,56+,57+/m0/s1. The van der Waals surface area contributed by atoms with Crippen LogP contribution in [-0.4, -0.2) is 69.9 Å². The second-order valence-electron chi connectivity index (χ2n) is 17.9. The van der Waals surface area contributed by atoms with E-state index >= 15 is 4.79 Å². The molecule has 358 valence electrons. The Morgan fingerprint density at radius 2 is 1.62 bits per heavy atom. The van der Waals surface area contributed by atoms with Crippen molar-refractivity contribution in [2.75, 3.05) is 26.4 Å². The number of aliphatic hydroxyl groups is 2. The molecule has 1 saturated carbocycles. The summed E-state index contributed by atoms with van der Waals surface area (Å²) in [4.78, 5) is 34.6. The normalized spacial score (nSPS) is 22.0. The maximum absolute atomic E-state index is 15.4. The molecule has 12 heteroatoms. The van der Waals surface area contributed by atoms with Crippen LogP contribution in [0.1, 0.15) is 73.1 Å². The van der Waals surface area contributed by atoms with Crippen LogP contribution in [0.4, 0.5) is 5.69 Å². The van der Waals surface area contributed by atoms with E-state index in [-0.39, 0.29) is 68.7 Å². The Hall–Kier alpha value is -6.86. The first-order valence-electron chi connectivity index (χ1n) is 24.0. The first-order valence-corrected chi connectivity index (χ1v) is 24.0. The fourth-order valence-electron chi connectivity index (χ4n) is 10.6. The van der Waals surface area contributed by atoms with Crippen LogP contribution >= 0.6 is 0 Å². The van der Waals surface area contributed by atoms with Crippen LogP contribution in [0, 0.1) is 27.9 Å². The Labute approximate surface area is 404 Å². The molecule has 0 aromatic heterocycles. The molecule has 0 bridgehead atoms. The van der Waals surface area contributed by atoms with Crippen molar-refractivity contribution in [1.29, 1.82) is 0 Å². The third-order valence-electron chi connectivity index (χ3n) is 13.7. The molecular weight excluding hydrogens is 871 g/mol. The summed E-state index contributed by atoms with van der Waals surface area (Å²) < 4.78 is 20.9. The highest BCUT2D eigenvalue weighted by Gasteiger charge is 2.65. The minimum Gasteiger partial charge on any atom is -0.490 e. The lowest BCUT2D eigenvalue weighted by atomic mass is 9.55. The highest BCUT2D eigenvalue weighted by Crippen LogP contribution is 2.62. The summed E-state index contributed by atoms with van der Waals surface area (Å²) in [6, 6.07) is 35.2. The molecule has 1 aliphatic heterocycles. The second-order valence-corrected chi connectivity index (χ2v) is 17.9. The van der Waals surface area contributed by atoms with E-state index in [2.05, 4.69) is 43.5 Å². The Morgan fingerprint density at radius 1 is 0.884 bits per heavy atom. The van der Waals surface area contributed by atoms with Gasteiger partial charge in [0.1, 0.15) is 30.8 Å². The summed E-state index contributed by atoms with van der Waals surface area (Å²) in [5.41, 5.74) is 4.96. The van der Waals surface area contributed by atoms with Crippen molar-refractivity contribution >= 4 is 34.2 Å². The number of non-ortho nitro benzene ring substituents is 1. The lowest BCUT2D eigenvalue weighted by molar-refractivity contribution is -0.384. The average Bonchev–Trinajstić information content (AvgIpc) is 3.37. The molecule has 2 N–H and O–H groups in total. The number of unbranched alkanes of at least 4 members (excludes halogenated alkanes) is 2. The highest BCUT2D eigenvalue weighted by atomic mass is 16.7. The number of nitro benzene ring substituents is 1. The molecule has 5 aromatic carbocycles. The van der Waals surface area contributed by atoms with Crippen molar-refractivity contribution in [3.63, 3.8) is 0 Å². The summed E-state index contributed by atoms with van der Waals surface area (Å²) in [6.45, 7) is 8.91. The van der Waals surface area contributed by atoms with Gasteiger partial charge in [-0.2, -0.15) is 0 Å². The molecule has 0 radical (unpaired) electrons. The number of carbonyl (C=O) groups excluding carboxylic acids is 1. The van der Waals surface area contributed by atoms with Gasteiger partial charge >= 0.3 is 0 Å². The molecule has 5 aromatic rings. The summed E-state index contributed by atoms with van der Waals surface area (Å²) in [5.74, 6) is -1.30. The van der Waals surface area contributed by atoms with Crippen molar-refractivity contribution in [2.45, 2.75) is 75.8 Å². The number of allylic oxidation sites excluding steroid dienone is 1. The quantitative estimate of drug-likeness (QED) is 0.0214. The Balaban J connectivity index is 1.36. The highest BCUT2D eigenvalue weighted by molar-refractivity contribution is 6.03. The Morgan fingerprint density at radius 3 is 2.38 bits per heavy atom. The topological polar surface area (TPSA) is 153 Å². The number of nitrogens with zero attached hydrogens (tertiary/aromatic N) is 3. The van der Waals surface area contributed by atoms with Crippen LogP contribution in [0.3, 0.4) is 0 Å². The van der Waals surface area contributed by atoms with E-state index < -0.39 is 22.7 Å². The van der Waals surface area contributed by atoms with Crippen molar-refractivity contribution < 1.29 is 39.0 Å². The zero-order valence-electron chi connectivity index (χ0n) is 38.9. The summed E-state index contributed by atoms with van der Waals surface area (Å²) in [5, 5.41) is 38.6. The molecule has 2 aliphatic carbocycles. The van der Waals surface area contributed by atoms with Gasteiger partial charge in [-0.3, -0.25) is 14.9 Å². The van der Waals surface area contributed by atoms with Gasteiger partial charge in [0.25, 0.3) is 5.69 Å². The lowest BCUT2D eigenvalue weighted by Gasteiger charge is -2.60. The molecule has 12 nitrogen and oxygen atoms in total. The first-order chi connectivity index (χ1) is 33.8. The van der Waals surface area contributed by atoms with Gasteiger partial charge in [0.2, 0.25) is 11.7 Å². The van der Waals surface area contributed by atoms with Gasteiger partial charge in [-0.05, 0) is 107 Å². The van der Waals surface area contributed by atoms with Gasteiger partial charge in [-0.1, -0.05) is 116 Å². The predicted molar refractivity (Wildman–Crippen MR) is 269 cm³/mol. The predicted octanol–water partition coefficient (Wildman–Crippen LogP) is 10.9. The van der Waals surface area contributed by atoms with Crippen LogP contribution in [0.5, 0.6) is 11.5 Å². The molecule has 0 saturated heterocycles. The molecule has 1 amide bonds. The van der Waals surface area contributed by atoms with Gasteiger partial charge in [0.15, 0.2) is 0 Å². The SMILES string of the molecule is C=CCOc1ccc2c(c1)[C@H]1[C@H](CCCCO)[C@@H](CCCCO)C=C3C(=NOCc4ccccc4)C[C@H](N(Cc4cccc5ccccc45)C(=O)C=Cc4ccc([N+](=O)[O-])cc4)[C@@](OCC=C)(O2)[C@H]31. The zero-order valence-corrected chi connectivity index (χ0v) is 38.9. The monoisotopic (exact) mass is 931 g/mol. The van der Waals surface area contributed by atoms with Gasteiger partial charge in [-0.25, -0.2) is 0 Å². The molecule has 69 heavy (non-hydrogen) atoms. The average molecular weight is 932 g/mol. The zero-order chi connectivity index (χ0) is 48.2. The Kier molecular flexibility index (Phi) is 16.2. The van der Waals surface area contributed by atoms with E-state index in [9.17, 15) is 20.3 Å². The molecule has 1 heterocycles. The molecule has 0 unspecified atom stereocenters. The van der Waals surface area contributed by atoms with Crippen LogP contribution in [0.2, 0.25) is 0 Å². The van der Waals surface area contributed by atoms with Gasteiger partial charge < -0.3 is 34.2 Å². The van der Waals surface area contributed by atoms with Gasteiger partial charge in [-0.15, -0.1) is 6.58 Å². The third kappa shape index (κ3) is 10.9. The van der Waals surface area contributed by atoms with E-state index in [1.807, 2.05) is 71.6 Å². The van der Waals surface area contributed by atoms with Crippen LogP contribution in [-0.2, 0) is 27.5 Å². The molecule has 3 aliphatic rings. The van der Waals surface area contributed by atoms with E-state index in [0.717, 1.165) is 58.7 Å².